The molecule has 2 aromatic rings. The zero-order chi connectivity index (χ0) is 17.4. The van der Waals surface area contributed by atoms with E-state index in [0.29, 0.717) is 36.1 Å². The van der Waals surface area contributed by atoms with Gasteiger partial charge in [-0.05, 0) is 36.2 Å². The second kappa shape index (κ2) is 9.25. The number of aryl methyl sites for hydroxylation is 1. The molecule has 0 saturated heterocycles. The monoisotopic (exact) mass is 351 g/mol. The third-order valence-electron chi connectivity index (χ3n) is 3.30. The molecular formula is C18H19ClFNO3. The fraction of sp³-hybridized carbons (Fsp3) is 0.278. The molecule has 0 aliphatic heterocycles. The number of benzene rings is 2. The molecule has 0 atom stereocenters. The molecule has 0 aromatic heterocycles. The maximum absolute atomic E-state index is 13.1. The Hall–Kier alpha value is -2.11. The average molecular weight is 352 g/mol. The molecule has 0 aliphatic rings. The Morgan fingerprint density at radius 3 is 2.75 bits per heavy atom. The molecule has 1 amide bonds. The smallest absolute Gasteiger partial charge is 0.224 e. The lowest BCUT2D eigenvalue weighted by molar-refractivity contribution is -0.116. The molecule has 24 heavy (non-hydrogen) atoms. The Bertz CT molecular complexity index is 694. The topological polar surface area (TPSA) is 47.6 Å². The van der Waals surface area contributed by atoms with E-state index in [9.17, 15) is 9.18 Å². The van der Waals surface area contributed by atoms with Crippen molar-refractivity contribution in [2.75, 3.05) is 25.6 Å². The zero-order valence-corrected chi connectivity index (χ0v) is 14.1. The largest absolute Gasteiger partial charge is 0.487 e. The Balaban J connectivity index is 1.96. The van der Waals surface area contributed by atoms with Crippen LogP contribution in [0.2, 0.25) is 5.02 Å². The highest BCUT2D eigenvalue weighted by Gasteiger charge is 2.12. The highest BCUT2D eigenvalue weighted by atomic mass is 35.5. The van der Waals surface area contributed by atoms with E-state index in [-0.39, 0.29) is 18.1 Å². The van der Waals surface area contributed by atoms with Gasteiger partial charge in [0.1, 0.15) is 12.4 Å². The molecular weight excluding hydrogens is 333 g/mol. The van der Waals surface area contributed by atoms with Gasteiger partial charge in [-0.25, -0.2) is 4.39 Å². The standard InChI is InChI=1S/C18H19ClFNO3/c1-23-10-11-24-18-15(19)6-3-7-16(18)21-17(22)9-8-13-4-2-5-14(20)12-13/h2-7,12H,8-11H2,1H3,(H,21,22). The summed E-state index contributed by atoms with van der Waals surface area (Å²) >= 11 is 6.12. The summed E-state index contributed by atoms with van der Waals surface area (Å²) in [6.45, 7) is 0.741. The van der Waals surface area contributed by atoms with Gasteiger partial charge >= 0.3 is 0 Å². The second-order valence-electron chi connectivity index (χ2n) is 5.14. The van der Waals surface area contributed by atoms with Gasteiger partial charge in [0, 0.05) is 13.5 Å². The van der Waals surface area contributed by atoms with Crippen molar-refractivity contribution in [1.82, 2.24) is 0 Å². The SMILES string of the molecule is COCCOc1c(Cl)cccc1NC(=O)CCc1cccc(F)c1. The summed E-state index contributed by atoms with van der Waals surface area (Å²) in [5.41, 5.74) is 1.27. The molecule has 0 fully saturated rings. The molecule has 0 bridgehead atoms. The van der Waals surface area contributed by atoms with Crippen LogP contribution in [0.3, 0.4) is 0 Å². The van der Waals surface area contributed by atoms with Crippen LogP contribution in [-0.2, 0) is 16.0 Å². The van der Waals surface area contributed by atoms with Crippen molar-refractivity contribution in [3.8, 4) is 5.75 Å². The van der Waals surface area contributed by atoms with Gasteiger partial charge in [0.15, 0.2) is 5.75 Å². The van der Waals surface area contributed by atoms with Crippen molar-refractivity contribution in [1.29, 1.82) is 0 Å². The zero-order valence-electron chi connectivity index (χ0n) is 13.4. The van der Waals surface area contributed by atoms with E-state index in [0.717, 1.165) is 5.56 Å². The van der Waals surface area contributed by atoms with Crippen LogP contribution >= 0.6 is 11.6 Å². The first-order valence-electron chi connectivity index (χ1n) is 7.54. The number of carbonyl (C=O) groups is 1. The lowest BCUT2D eigenvalue weighted by Crippen LogP contribution is -2.14. The predicted molar refractivity (Wildman–Crippen MR) is 92.2 cm³/mol. The normalized spacial score (nSPS) is 10.5. The second-order valence-corrected chi connectivity index (χ2v) is 5.54. The van der Waals surface area contributed by atoms with Crippen molar-refractivity contribution in [2.45, 2.75) is 12.8 Å². The number of halogens is 2. The molecule has 0 unspecified atom stereocenters. The molecule has 0 heterocycles. The minimum Gasteiger partial charge on any atom is -0.487 e. The van der Waals surface area contributed by atoms with E-state index < -0.39 is 0 Å². The maximum atomic E-state index is 13.1. The van der Waals surface area contributed by atoms with Gasteiger partial charge in [0.05, 0.1) is 17.3 Å². The average Bonchev–Trinajstić information content (AvgIpc) is 2.56. The molecule has 0 saturated carbocycles. The van der Waals surface area contributed by atoms with E-state index in [4.69, 9.17) is 21.1 Å². The summed E-state index contributed by atoms with van der Waals surface area (Å²) in [5.74, 6) is -0.0926. The fourth-order valence-electron chi connectivity index (χ4n) is 2.14. The van der Waals surface area contributed by atoms with Crippen molar-refractivity contribution in [3.05, 3.63) is 58.9 Å². The lowest BCUT2D eigenvalue weighted by atomic mass is 10.1. The molecule has 0 aliphatic carbocycles. The lowest BCUT2D eigenvalue weighted by Gasteiger charge is -2.14. The number of amides is 1. The van der Waals surface area contributed by atoms with Gasteiger partial charge < -0.3 is 14.8 Å². The first-order chi connectivity index (χ1) is 11.6. The third kappa shape index (κ3) is 5.51. The minimum atomic E-state index is -0.309. The van der Waals surface area contributed by atoms with E-state index in [1.165, 1.54) is 12.1 Å². The summed E-state index contributed by atoms with van der Waals surface area (Å²) in [6.07, 6.45) is 0.678. The van der Waals surface area contributed by atoms with E-state index in [2.05, 4.69) is 5.32 Å². The number of nitrogens with one attached hydrogen (secondary N) is 1. The summed E-state index contributed by atoms with van der Waals surface area (Å²) in [4.78, 5) is 12.1. The molecule has 128 valence electrons. The first-order valence-corrected chi connectivity index (χ1v) is 7.92. The fourth-order valence-corrected chi connectivity index (χ4v) is 2.37. The van der Waals surface area contributed by atoms with Gasteiger partial charge in [0.2, 0.25) is 5.91 Å². The number of methoxy groups -OCH3 is 1. The minimum absolute atomic E-state index is 0.196. The van der Waals surface area contributed by atoms with Crippen LogP contribution in [-0.4, -0.2) is 26.2 Å². The molecule has 4 nitrogen and oxygen atoms in total. The van der Waals surface area contributed by atoms with Crippen molar-refractivity contribution < 1.29 is 18.7 Å². The molecule has 2 rings (SSSR count). The Morgan fingerprint density at radius 2 is 2.00 bits per heavy atom. The number of carbonyl (C=O) groups excluding carboxylic acids is 1. The van der Waals surface area contributed by atoms with Crippen LogP contribution in [0.25, 0.3) is 0 Å². The Labute approximate surface area is 145 Å². The first kappa shape index (κ1) is 18.2. The number of hydrogen-bond donors (Lipinski definition) is 1. The highest BCUT2D eigenvalue weighted by Crippen LogP contribution is 2.33. The molecule has 0 spiro atoms. The summed E-state index contributed by atoms with van der Waals surface area (Å²) in [7, 11) is 1.57. The Morgan fingerprint density at radius 1 is 1.21 bits per heavy atom. The molecule has 1 N–H and O–H groups in total. The van der Waals surface area contributed by atoms with Crippen LogP contribution in [0.4, 0.5) is 10.1 Å². The van der Waals surface area contributed by atoms with Crippen molar-refractivity contribution in [3.63, 3.8) is 0 Å². The Kier molecular flexibility index (Phi) is 7.03. The highest BCUT2D eigenvalue weighted by molar-refractivity contribution is 6.32. The van der Waals surface area contributed by atoms with Crippen LogP contribution in [0.1, 0.15) is 12.0 Å². The van der Waals surface area contributed by atoms with Gasteiger partial charge in [-0.15, -0.1) is 0 Å². The molecule has 2 aromatic carbocycles. The number of rotatable bonds is 8. The van der Waals surface area contributed by atoms with E-state index in [1.807, 2.05) is 0 Å². The van der Waals surface area contributed by atoms with Crippen molar-refractivity contribution in [2.24, 2.45) is 0 Å². The molecule has 6 heteroatoms. The van der Waals surface area contributed by atoms with Gasteiger partial charge in [-0.3, -0.25) is 4.79 Å². The number of hydrogen-bond acceptors (Lipinski definition) is 3. The van der Waals surface area contributed by atoms with Gasteiger partial charge in [-0.1, -0.05) is 29.8 Å². The maximum Gasteiger partial charge on any atom is 0.224 e. The van der Waals surface area contributed by atoms with E-state index >= 15 is 0 Å². The van der Waals surface area contributed by atoms with Gasteiger partial charge in [0.25, 0.3) is 0 Å². The third-order valence-corrected chi connectivity index (χ3v) is 3.60. The van der Waals surface area contributed by atoms with Crippen LogP contribution in [0, 0.1) is 5.82 Å². The number of anilines is 1. The summed E-state index contributed by atoms with van der Waals surface area (Å²) in [6, 6.07) is 11.3. The predicted octanol–water partition coefficient (Wildman–Crippen LogP) is 4.08. The number of ether oxygens (including phenoxy) is 2. The van der Waals surface area contributed by atoms with Crippen LogP contribution in [0.15, 0.2) is 42.5 Å². The van der Waals surface area contributed by atoms with Gasteiger partial charge in [-0.2, -0.15) is 0 Å². The quantitative estimate of drug-likeness (QED) is 0.729. The molecule has 0 radical (unpaired) electrons. The summed E-state index contributed by atoms with van der Waals surface area (Å²) < 4.78 is 23.6. The van der Waals surface area contributed by atoms with Crippen LogP contribution in [0.5, 0.6) is 5.75 Å². The van der Waals surface area contributed by atoms with Crippen LogP contribution < -0.4 is 10.1 Å². The summed E-state index contributed by atoms with van der Waals surface area (Å²) in [5, 5.41) is 3.19. The number of para-hydroxylation sites is 1. The van der Waals surface area contributed by atoms with Crippen molar-refractivity contribution >= 4 is 23.2 Å². The van der Waals surface area contributed by atoms with E-state index in [1.54, 1.807) is 37.4 Å².